The SMILES string of the molecule is N=Cc1c(N)ncc2c1CCN(S(=O)(=O)c1ccccc1)C2. The highest BCUT2D eigenvalue weighted by atomic mass is 32.2. The predicted octanol–water partition coefficient (Wildman–Crippen LogP) is 1.41. The smallest absolute Gasteiger partial charge is 0.243 e. The van der Waals surface area contributed by atoms with Crippen LogP contribution < -0.4 is 5.73 Å². The number of nitrogens with two attached hydrogens (primary N) is 1. The molecule has 3 N–H and O–H groups in total. The number of nitrogens with zero attached hydrogens (tertiary/aromatic N) is 2. The fraction of sp³-hybridized carbons (Fsp3) is 0.200. The molecule has 2 aromatic rings. The minimum absolute atomic E-state index is 0.251. The summed E-state index contributed by atoms with van der Waals surface area (Å²) in [6.07, 6.45) is 3.31. The average Bonchev–Trinajstić information content (AvgIpc) is 2.55. The molecule has 114 valence electrons. The molecule has 0 fully saturated rings. The van der Waals surface area contributed by atoms with Crippen LogP contribution in [-0.2, 0) is 23.0 Å². The van der Waals surface area contributed by atoms with Gasteiger partial charge in [0.25, 0.3) is 0 Å². The largest absolute Gasteiger partial charge is 0.383 e. The molecule has 0 saturated carbocycles. The van der Waals surface area contributed by atoms with Crippen LogP contribution in [0, 0.1) is 5.41 Å². The van der Waals surface area contributed by atoms with Gasteiger partial charge in [-0.1, -0.05) is 18.2 Å². The van der Waals surface area contributed by atoms with Crippen molar-refractivity contribution in [1.82, 2.24) is 9.29 Å². The molecule has 22 heavy (non-hydrogen) atoms. The Hall–Kier alpha value is -2.25. The van der Waals surface area contributed by atoms with Gasteiger partial charge in [0.05, 0.1) is 4.90 Å². The van der Waals surface area contributed by atoms with Gasteiger partial charge >= 0.3 is 0 Å². The Labute approximate surface area is 129 Å². The van der Waals surface area contributed by atoms with Gasteiger partial charge in [0.15, 0.2) is 0 Å². The number of benzene rings is 1. The zero-order valence-corrected chi connectivity index (χ0v) is 12.7. The van der Waals surface area contributed by atoms with Crippen LogP contribution in [-0.4, -0.2) is 30.5 Å². The van der Waals surface area contributed by atoms with Crippen molar-refractivity contribution >= 4 is 22.1 Å². The van der Waals surface area contributed by atoms with Crippen molar-refractivity contribution in [3.05, 3.63) is 53.2 Å². The fourth-order valence-corrected chi connectivity index (χ4v) is 4.11. The molecule has 1 aliphatic heterocycles. The molecule has 1 aromatic carbocycles. The maximum Gasteiger partial charge on any atom is 0.243 e. The number of hydrogen-bond acceptors (Lipinski definition) is 5. The van der Waals surface area contributed by atoms with E-state index in [1.165, 1.54) is 10.5 Å². The Morgan fingerprint density at radius 2 is 2.00 bits per heavy atom. The first-order chi connectivity index (χ1) is 10.5. The number of rotatable bonds is 3. The molecule has 0 amide bonds. The monoisotopic (exact) mass is 316 g/mol. The van der Waals surface area contributed by atoms with Crippen LogP contribution >= 0.6 is 0 Å². The second kappa shape index (κ2) is 5.51. The van der Waals surface area contributed by atoms with Crippen molar-refractivity contribution in [2.75, 3.05) is 12.3 Å². The number of anilines is 1. The molecule has 1 aliphatic rings. The quantitative estimate of drug-likeness (QED) is 0.836. The van der Waals surface area contributed by atoms with Crippen LogP contribution in [0.25, 0.3) is 0 Å². The molecule has 0 bridgehead atoms. The molecule has 0 saturated heterocycles. The van der Waals surface area contributed by atoms with Crippen molar-refractivity contribution in [3.63, 3.8) is 0 Å². The normalized spacial score (nSPS) is 15.3. The second-order valence-corrected chi connectivity index (χ2v) is 7.04. The molecule has 0 spiro atoms. The topological polar surface area (TPSA) is 100 Å². The van der Waals surface area contributed by atoms with Crippen molar-refractivity contribution < 1.29 is 8.42 Å². The Morgan fingerprint density at radius 1 is 1.27 bits per heavy atom. The molecule has 0 aliphatic carbocycles. The van der Waals surface area contributed by atoms with Crippen LogP contribution in [0.1, 0.15) is 16.7 Å². The van der Waals surface area contributed by atoms with E-state index >= 15 is 0 Å². The molecule has 6 nitrogen and oxygen atoms in total. The van der Waals surface area contributed by atoms with E-state index in [0.717, 1.165) is 11.1 Å². The number of aromatic nitrogens is 1. The van der Waals surface area contributed by atoms with E-state index in [1.807, 2.05) is 0 Å². The first-order valence-corrected chi connectivity index (χ1v) is 8.30. The summed E-state index contributed by atoms with van der Waals surface area (Å²) < 4.78 is 26.7. The third kappa shape index (κ3) is 2.38. The van der Waals surface area contributed by atoms with E-state index in [1.54, 1.807) is 36.5 Å². The maximum atomic E-state index is 12.7. The van der Waals surface area contributed by atoms with Crippen molar-refractivity contribution in [3.8, 4) is 0 Å². The molecular weight excluding hydrogens is 300 g/mol. The van der Waals surface area contributed by atoms with Gasteiger partial charge in [-0.15, -0.1) is 0 Å². The molecule has 0 unspecified atom stereocenters. The molecule has 7 heteroatoms. The number of fused-ring (bicyclic) bond motifs is 1. The van der Waals surface area contributed by atoms with E-state index < -0.39 is 10.0 Å². The Kier molecular flexibility index (Phi) is 3.67. The van der Waals surface area contributed by atoms with Gasteiger partial charge in [0.1, 0.15) is 5.82 Å². The van der Waals surface area contributed by atoms with Crippen LogP contribution in [0.5, 0.6) is 0 Å². The van der Waals surface area contributed by atoms with Gasteiger partial charge in [-0.3, -0.25) is 0 Å². The van der Waals surface area contributed by atoms with Crippen LogP contribution in [0.15, 0.2) is 41.4 Å². The second-order valence-electron chi connectivity index (χ2n) is 5.11. The molecule has 3 rings (SSSR count). The summed E-state index contributed by atoms with van der Waals surface area (Å²) in [5, 5.41) is 7.46. The number of hydrogen-bond donors (Lipinski definition) is 2. The summed E-state index contributed by atoms with van der Waals surface area (Å²) in [5.74, 6) is 0.313. The fourth-order valence-electron chi connectivity index (χ4n) is 2.67. The van der Waals surface area contributed by atoms with Crippen LogP contribution in [0.4, 0.5) is 5.82 Å². The number of pyridine rings is 1. The first kappa shape index (κ1) is 14.7. The highest BCUT2D eigenvalue weighted by Crippen LogP contribution is 2.27. The Bertz CT molecular complexity index is 819. The zero-order valence-electron chi connectivity index (χ0n) is 11.9. The van der Waals surface area contributed by atoms with E-state index in [-0.39, 0.29) is 11.4 Å². The highest BCUT2D eigenvalue weighted by Gasteiger charge is 2.29. The lowest BCUT2D eigenvalue weighted by atomic mass is 9.98. The molecule has 2 heterocycles. The van der Waals surface area contributed by atoms with Gasteiger partial charge in [-0.2, -0.15) is 4.31 Å². The minimum Gasteiger partial charge on any atom is -0.383 e. The van der Waals surface area contributed by atoms with Gasteiger partial charge in [0, 0.05) is 31.1 Å². The Morgan fingerprint density at radius 3 is 2.68 bits per heavy atom. The van der Waals surface area contributed by atoms with Gasteiger partial charge in [-0.25, -0.2) is 13.4 Å². The summed E-state index contributed by atoms with van der Waals surface area (Å²) >= 11 is 0. The minimum atomic E-state index is -3.52. The molecule has 0 radical (unpaired) electrons. The van der Waals surface area contributed by atoms with Gasteiger partial charge < -0.3 is 11.1 Å². The summed E-state index contributed by atoms with van der Waals surface area (Å²) in [6.45, 7) is 0.620. The Balaban J connectivity index is 1.97. The number of sulfonamides is 1. The highest BCUT2D eigenvalue weighted by molar-refractivity contribution is 7.89. The van der Waals surface area contributed by atoms with E-state index in [2.05, 4.69) is 4.98 Å². The zero-order chi connectivity index (χ0) is 15.7. The lowest BCUT2D eigenvalue weighted by Crippen LogP contribution is -2.36. The van der Waals surface area contributed by atoms with Crippen LogP contribution in [0.3, 0.4) is 0 Å². The van der Waals surface area contributed by atoms with Gasteiger partial charge in [0.2, 0.25) is 10.0 Å². The van der Waals surface area contributed by atoms with Gasteiger partial charge in [-0.05, 0) is 29.7 Å². The third-order valence-corrected chi connectivity index (χ3v) is 5.69. The third-order valence-electron chi connectivity index (χ3n) is 3.83. The lowest BCUT2D eigenvalue weighted by Gasteiger charge is -2.29. The molecular formula is C15H16N4O2S. The number of nitrogen functional groups attached to an aromatic ring is 1. The predicted molar refractivity (Wildman–Crippen MR) is 84.3 cm³/mol. The van der Waals surface area contributed by atoms with Crippen molar-refractivity contribution in [2.45, 2.75) is 17.9 Å². The van der Waals surface area contributed by atoms with E-state index in [4.69, 9.17) is 11.1 Å². The van der Waals surface area contributed by atoms with E-state index in [9.17, 15) is 8.42 Å². The maximum absolute atomic E-state index is 12.7. The van der Waals surface area contributed by atoms with Crippen LogP contribution in [0.2, 0.25) is 0 Å². The number of nitrogens with one attached hydrogen (secondary N) is 1. The molecule has 0 atom stereocenters. The van der Waals surface area contributed by atoms with Crippen molar-refractivity contribution in [1.29, 1.82) is 5.41 Å². The average molecular weight is 316 g/mol. The summed E-state index contributed by atoms with van der Waals surface area (Å²) in [5.41, 5.74) is 8.09. The lowest BCUT2D eigenvalue weighted by molar-refractivity contribution is 0.390. The standard InChI is InChI=1S/C15H16N4O2S/c16-8-14-13-6-7-19(10-11(13)9-18-15(14)17)22(20,21)12-4-2-1-3-5-12/h1-5,8-9,16H,6-7,10H2,(H2,17,18). The van der Waals surface area contributed by atoms with E-state index in [0.29, 0.717) is 24.3 Å². The summed E-state index contributed by atoms with van der Waals surface area (Å²) in [4.78, 5) is 4.34. The summed E-state index contributed by atoms with van der Waals surface area (Å²) in [6, 6.07) is 8.39. The molecule has 1 aromatic heterocycles. The summed E-state index contributed by atoms with van der Waals surface area (Å²) in [7, 11) is -3.52. The first-order valence-electron chi connectivity index (χ1n) is 6.86. The van der Waals surface area contributed by atoms with Crippen molar-refractivity contribution in [2.24, 2.45) is 0 Å².